The van der Waals surface area contributed by atoms with Gasteiger partial charge < -0.3 is 16.2 Å². The molecule has 0 spiro atoms. The van der Waals surface area contributed by atoms with Crippen LogP contribution in [0.3, 0.4) is 0 Å². The number of carbonyl (C=O) groups is 1. The van der Waals surface area contributed by atoms with Crippen LogP contribution in [0.5, 0.6) is 0 Å². The number of carboxylic acid groups (broad SMARTS) is 1. The first kappa shape index (κ1) is 15.4. The van der Waals surface area contributed by atoms with E-state index in [1.54, 1.807) is 12.4 Å². The van der Waals surface area contributed by atoms with Crippen molar-refractivity contribution in [3.63, 3.8) is 0 Å². The number of hydrogen-bond donors (Lipinski definition) is 3. The van der Waals surface area contributed by atoms with E-state index < -0.39 is 12.0 Å². The van der Waals surface area contributed by atoms with Crippen LogP contribution in [-0.2, 0) is 4.79 Å². The number of aromatic nitrogens is 2. The third kappa shape index (κ3) is 6.15. The van der Waals surface area contributed by atoms with E-state index >= 15 is 0 Å². The Balaban J connectivity index is 2.36. The molecule has 6 nitrogen and oxygen atoms in total. The van der Waals surface area contributed by atoms with Crippen molar-refractivity contribution in [3.8, 4) is 0 Å². The van der Waals surface area contributed by atoms with Gasteiger partial charge in [0.2, 0.25) is 5.95 Å². The number of nitrogens with one attached hydrogen (secondary N) is 1. The van der Waals surface area contributed by atoms with Gasteiger partial charge >= 0.3 is 5.97 Å². The summed E-state index contributed by atoms with van der Waals surface area (Å²) in [6, 6.07) is -0.559. The summed E-state index contributed by atoms with van der Waals surface area (Å²) in [5.74, 6) is -0.367. The van der Waals surface area contributed by atoms with Crippen LogP contribution in [0.2, 0.25) is 0 Å². The topological polar surface area (TPSA) is 101 Å². The van der Waals surface area contributed by atoms with Crippen LogP contribution in [0.1, 0.15) is 50.6 Å². The predicted molar refractivity (Wildman–Crippen MR) is 73.8 cm³/mol. The lowest BCUT2D eigenvalue weighted by Gasteiger charge is -2.09. The van der Waals surface area contributed by atoms with Crippen LogP contribution in [0, 0.1) is 0 Å². The number of aliphatic carboxylic acids is 1. The molecule has 1 aromatic heterocycles. The zero-order chi connectivity index (χ0) is 14.1. The second kappa shape index (κ2) is 8.42. The molecule has 1 heterocycles. The molecule has 1 rings (SSSR count). The van der Waals surface area contributed by atoms with Gasteiger partial charge in [-0.3, -0.25) is 4.79 Å². The Bertz CT molecular complexity index is 381. The minimum absolute atomic E-state index is 0.118. The Kier molecular flexibility index (Phi) is 6.81. The summed E-state index contributed by atoms with van der Waals surface area (Å²) >= 11 is 0. The first-order valence-electron chi connectivity index (χ1n) is 6.66. The second-order valence-corrected chi connectivity index (χ2v) is 4.53. The number of carboxylic acids is 1. The molecule has 0 aliphatic rings. The standard InChI is InChI=1S/C13H22N4O2/c1-2-3-4-5-6-15-13-16-8-10(9-17-13)11(14)7-12(18)19/h8-9,11H,2-7,14H2,1H3,(H,18,19)(H,15,16,17). The molecule has 0 radical (unpaired) electrons. The SMILES string of the molecule is CCCCCCNc1ncc(C(N)CC(=O)O)cn1. The van der Waals surface area contributed by atoms with Gasteiger partial charge in [-0.2, -0.15) is 0 Å². The maximum atomic E-state index is 10.5. The van der Waals surface area contributed by atoms with Gasteiger partial charge in [-0.15, -0.1) is 0 Å². The maximum absolute atomic E-state index is 10.5. The van der Waals surface area contributed by atoms with E-state index in [0.29, 0.717) is 11.5 Å². The highest BCUT2D eigenvalue weighted by Crippen LogP contribution is 2.12. The molecule has 4 N–H and O–H groups in total. The molecule has 106 valence electrons. The van der Waals surface area contributed by atoms with Gasteiger partial charge in [-0.1, -0.05) is 26.2 Å². The van der Waals surface area contributed by atoms with Crippen LogP contribution in [0.25, 0.3) is 0 Å². The molecule has 0 saturated carbocycles. The van der Waals surface area contributed by atoms with Crippen LogP contribution in [0.4, 0.5) is 5.95 Å². The lowest BCUT2D eigenvalue weighted by molar-refractivity contribution is -0.137. The van der Waals surface area contributed by atoms with E-state index in [1.807, 2.05) is 0 Å². The molecule has 0 amide bonds. The van der Waals surface area contributed by atoms with Crippen molar-refractivity contribution in [3.05, 3.63) is 18.0 Å². The fourth-order valence-electron chi connectivity index (χ4n) is 1.68. The smallest absolute Gasteiger partial charge is 0.305 e. The molecule has 1 unspecified atom stereocenters. The quantitative estimate of drug-likeness (QED) is 0.590. The Hall–Kier alpha value is -1.69. The summed E-state index contributed by atoms with van der Waals surface area (Å²) < 4.78 is 0. The zero-order valence-corrected chi connectivity index (χ0v) is 11.3. The van der Waals surface area contributed by atoms with Crippen LogP contribution >= 0.6 is 0 Å². The normalized spacial score (nSPS) is 12.1. The largest absolute Gasteiger partial charge is 0.481 e. The molecule has 1 aromatic rings. The number of anilines is 1. The molecule has 0 fully saturated rings. The molecule has 6 heteroatoms. The highest BCUT2D eigenvalue weighted by Gasteiger charge is 2.11. The van der Waals surface area contributed by atoms with Gasteiger partial charge in [0.05, 0.1) is 6.42 Å². The number of rotatable bonds is 9. The average Bonchev–Trinajstić information content (AvgIpc) is 2.38. The van der Waals surface area contributed by atoms with E-state index in [2.05, 4.69) is 22.2 Å². The highest BCUT2D eigenvalue weighted by atomic mass is 16.4. The van der Waals surface area contributed by atoms with Crippen molar-refractivity contribution in [1.29, 1.82) is 0 Å². The Morgan fingerprint density at radius 3 is 2.63 bits per heavy atom. The van der Waals surface area contributed by atoms with Crippen molar-refractivity contribution < 1.29 is 9.90 Å². The van der Waals surface area contributed by atoms with Gasteiger partial charge in [0.15, 0.2) is 0 Å². The molecular formula is C13H22N4O2. The Labute approximate surface area is 113 Å². The maximum Gasteiger partial charge on any atom is 0.305 e. The van der Waals surface area contributed by atoms with E-state index in [0.717, 1.165) is 13.0 Å². The first-order chi connectivity index (χ1) is 9.13. The second-order valence-electron chi connectivity index (χ2n) is 4.53. The number of unbranched alkanes of at least 4 members (excludes halogenated alkanes) is 3. The summed E-state index contributed by atoms with van der Waals surface area (Å²) in [5.41, 5.74) is 6.36. The van der Waals surface area contributed by atoms with Crippen molar-refractivity contribution >= 4 is 11.9 Å². The summed E-state index contributed by atoms with van der Waals surface area (Å²) in [6.07, 6.45) is 7.79. The van der Waals surface area contributed by atoms with Gasteiger partial charge in [0.25, 0.3) is 0 Å². The summed E-state index contributed by atoms with van der Waals surface area (Å²) in [5, 5.41) is 11.8. The van der Waals surface area contributed by atoms with Crippen molar-refractivity contribution in [1.82, 2.24) is 9.97 Å². The summed E-state index contributed by atoms with van der Waals surface area (Å²) in [6.45, 7) is 3.02. The lowest BCUT2D eigenvalue weighted by Crippen LogP contribution is -2.16. The molecule has 0 bridgehead atoms. The molecule has 0 aliphatic heterocycles. The Morgan fingerprint density at radius 2 is 2.05 bits per heavy atom. The summed E-state index contributed by atoms with van der Waals surface area (Å²) in [7, 11) is 0. The monoisotopic (exact) mass is 266 g/mol. The average molecular weight is 266 g/mol. The highest BCUT2D eigenvalue weighted by molar-refractivity contribution is 5.67. The minimum Gasteiger partial charge on any atom is -0.481 e. The van der Waals surface area contributed by atoms with Crippen LogP contribution in [0.15, 0.2) is 12.4 Å². The molecule has 0 aromatic carbocycles. The van der Waals surface area contributed by atoms with Crippen molar-refractivity contribution in [2.24, 2.45) is 5.73 Å². The van der Waals surface area contributed by atoms with Gasteiger partial charge in [-0.25, -0.2) is 9.97 Å². The van der Waals surface area contributed by atoms with E-state index in [9.17, 15) is 4.79 Å². The van der Waals surface area contributed by atoms with Gasteiger partial charge in [0, 0.05) is 30.5 Å². The number of nitrogens with zero attached hydrogens (tertiary/aromatic N) is 2. The van der Waals surface area contributed by atoms with E-state index in [1.165, 1.54) is 19.3 Å². The third-order valence-electron chi connectivity index (χ3n) is 2.81. The molecular weight excluding hydrogens is 244 g/mol. The zero-order valence-electron chi connectivity index (χ0n) is 11.3. The predicted octanol–water partition coefficient (Wildman–Crippen LogP) is 1.94. The number of hydrogen-bond acceptors (Lipinski definition) is 5. The first-order valence-corrected chi connectivity index (χ1v) is 6.66. The molecule has 0 aliphatic carbocycles. The van der Waals surface area contributed by atoms with Crippen LogP contribution < -0.4 is 11.1 Å². The Morgan fingerprint density at radius 1 is 1.37 bits per heavy atom. The third-order valence-corrected chi connectivity index (χ3v) is 2.81. The van der Waals surface area contributed by atoms with E-state index in [-0.39, 0.29) is 6.42 Å². The lowest BCUT2D eigenvalue weighted by atomic mass is 10.1. The fourth-order valence-corrected chi connectivity index (χ4v) is 1.68. The van der Waals surface area contributed by atoms with Crippen molar-refractivity contribution in [2.75, 3.05) is 11.9 Å². The van der Waals surface area contributed by atoms with Crippen molar-refractivity contribution in [2.45, 2.75) is 45.1 Å². The van der Waals surface area contributed by atoms with Crippen LogP contribution in [-0.4, -0.2) is 27.6 Å². The minimum atomic E-state index is -0.925. The fraction of sp³-hybridized carbons (Fsp3) is 0.615. The summed E-state index contributed by atoms with van der Waals surface area (Å²) in [4.78, 5) is 18.8. The van der Waals surface area contributed by atoms with E-state index in [4.69, 9.17) is 10.8 Å². The van der Waals surface area contributed by atoms with Gasteiger partial charge in [0.1, 0.15) is 0 Å². The molecule has 1 atom stereocenters. The van der Waals surface area contributed by atoms with Gasteiger partial charge in [-0.05, 0) is 6.42 Å². The molecule has 0 saturated heterocycles. The molecule has 19 heavy (non-hydrogen) atoms. The number of nitrogens with two attached hydrogens (primary N) is 1.